The molecule has 0 radical (unpaired) electrons. The summed E-state index contributed by atoms with van der Waals surface area (Å²) in [7, 11) is 6.39. The smallest absolute Gasteiger partial charge is 0.110 e. The average Bonchev–Trinajstić information content (AvgIpc) is 1.59. The fourth-order valence-corrected chi connectivity index (χ4v) is 0.453. The highest BCUT2D eigenvalue weighted by Gasteiger charge is 2.04. The molecule has 0 heterocycles. The molecule has 0 aliphatic heterocycles. The Morgan fingerprint density at radius 2 is 1.78 bits per heavy atom. The van der Waals surface area contributed by atoms with Crippen molar-refractivity contribution in [3.63, 3.8) is 0 Å². The van der Waals surface area contributed by atoms with Crippen molar-refractivity contribution in [1.29, 1.82) is 0 Å². The van der Waals surface area contributed by atoms with Gasteiger partial charge in [0.2, 0.25) is 0 Å². The van der Waals surface area contributed by atoms with Gasteiger partial charge in [-0.1, -0.05) is 0 Å². The summed E-state index contributed by atoms with van der Waals surface area (Å²) in [6, 6.07) is 0. The molecule has 0 aromatic carbocycles. The Bertz CT molecular complexity index is 64.5. The zero-order chi connectivity index (χ0) is 6.62. The molecule has 9 heavy (non-hydrogen) atoms. The van der Waals surface area contributed by atoms with Crippen LogP contribution in [0.2, 0.25) is 0 Å². The van der Waals surface area contributed by atoms with Crippen LogP contribution in [0.3, 0.4) is 0 Å². The fourth-order valence-electron chi connectivity index (χ4n) is 0.308. The second-order valence-corrected chi connectivity index (χ2v) is 3.29. The van der Waals surface area contributed by atoms with Gasteiger partial charge in [-0.3, -0.25) is 0 Å². The van der Waals surface area contributed by atoms with Gasteiger partial charge in [0.1, 0.15) is 13.2 Å². The van der Waals surface area contributed by atoms with Crippen LogP contribution in [-0.4, -0.2) is 38.8 Å². The van der Waals surface area contributed by atoms with E-state index in [4.69, 9.17) is 3.83 Å². The minimum Gasteiger partial charge on any atom is -1.00 e. The monoisotopic (exact) mass is 217 g/mol. The van der Waals surface area contributed by atoms with Crippen molar-refractivity contribution in [2.75, 3.05) is 34.3 Å². The first kappa shape index (κ1) is 12.4. The predicted octanol–water partition coefficient (Wildman–Crippen LogP) is -1.98. The van der Waals surface area contributed by atoms with Crippen molar-refractivity contribution in [1.82, 2.24) is 0 Å². The highest BCUT2D eigenvalue weighted by atomic mass is 79.9. The third-order valence-corrected chi connectivity index (χ3v) is 1.16. The molecule has 0 spiro atoms. The summed E-state index contributed by atoms with van der Waals surface area (Å²) in [4.78, 5) is 0. The Balaban J connectivity index is 0. The Morgan fingerprint density at radius 3 is 1.89 bits per heavy atom. The number of likely N-dealkylation sites (N-methyl/N-ethyl adjacent to an activating group) is 1. The SMILES string of the molecule is C[N+](C)(C)CCOBr.[Cl-]. The first-order chi connectivity index (χ1) is 3.56. The molecule has 4 heteroatoms. The largest absolute Gasteiger partial charge is 1.00 e. The lowest BCUT2D eigenvalue weighted by Crippen LogP contribution is -3.00. The van der Waals surface area contributed by atoms with Crippen LogP contribution in [0.5, 0.6) is 0 Å². The molecule has 0 amide bonds. The molecule has 0 aliphatic rings. The fraction of sp³-hybridized carbons (Fsp3) is 1.00. The number of nitrogens with zero attached hydrogens (tertiary/aromatic N) is 1. The van der Waals surface area contributed by atoms with E-state index >= 15 is 0 Å². The van der Waals surface area contributed by atoms with Gasteiger partial charge in [0.15, 0.2) is 0 Å². The third kappa shape index (κ3) is 12.0. The highest BCUT2D eigenvalue weighted by molar-refractivity contribution is 9.06. The van der Waals surface area contributed by atoms with Crippen LogP contribution in [0.15, 0.2) is 0 Å². The van der Waals surface area contributed by atoms with Crippen molar-refractivity contribution in [3.8, 4) is 0 Å². The van der Waals surface area contributed by atoms with Crippen molar-refractivity contribution in [3.05, 3.63) is 0 Å². The summed E-state index contributed by atoms with van der Waals surface area (Å²) in [5, 5.41) is 0. The van der Waals surface area contributed by atoms with Crippen LogP contribution in [-0.2, 0) is 3.83 Å². The topological polar surface area (TPSA) is 9.23 Å². The van der Waals surface area contributed by atoms with E-state index in [0.29, 0.717) is 0 Å². The van der Waals surface area contributed by atoms with Gasteiger partial charge in [-0.2, -0.15) is 0 Å². The molecule has 0 aromatic rings. The summed E-state index contributed by atoms with van der Waals surface area (Å²) >= 11 is 2.89. The van der Waals surface area contributed by atoms with E-state index < -0.39 is 0 Å². The molecule has 0 unspecified atom stereocenters. The molecule has 0 aliphatic carbocycles. The summed E-state index contributed by atoms with van der Waals surface area (Å²) in [5.41, 5.74) is 0. The molecule has 2 nitrogen and oxygen atoms in total. The predicted molar refractivity (Wildman–Crippen MR) is 37.8 cm³/mol. The van der Waals surface area contributed by atoms with Gasteiger partial charge < -0.3 is 20.7 Å². The maximum absolute atomic E-state index is 4.71. The number of hydrogen-bond donors (Lipinski definition) is 0. The Hall–Kier alpha value is 0.690. The molecular weight excluding hydrogens is 205 g/mol. The normalized spacial score (nSPS) is 10.7. The van der Waals surface area contributed by atoms with E-state index in [2.05, 4.69) is 37.4 Å². The molecule has 0 atom stereocenters. The van der Waals surface area contributed by atoms with Crippen LogP contribution in [0.25, 0.3) is 0 Å². The number of quaternary nitrogens is 1. The zero-order valence-electron chi connectivity index (χ0n) is 6.03. The summed E-state index contributed by atoms with van der Waals surface area (Å²) < 4.78 is 5.66. The van der Waals surface area contributed by atoms with Crippen LogP contribution in [0, 0.1) is 0 Å². The lowest BCUT2D eigenvalue weighted by Gasteiger charge is -2.22. The molecule has 0 saturated heterocycles. The molecule has 0 aromatic heterocycles. The third-order valence-electron chi connectivity index (χ3n) is 0.839. The van der Waals surface area contributed by atoms with Gasteiger partial charge in [0, 0.05) is 0 Å². The van der Waals surface area contributed by atoms with Crippen LogP contribution >= 0.6 is 16.3 Å². The van der Waals surface area contributed by atoms with E-state index in [9.17, 15) is 0 Å². The van der Waals surface area contributed by atoms with Gasteiger partial charge in [-0.05, 0) is 0 Å². The van der Waals surface area contributed by atoms with E-state index in [1.807, 2.05) is 0 Å². The van der Waals surface area contributed by atoms with E-state index in [1.54, 1.807) is 0 Å². The maximum atomic E-state index is 4.71. The van der Waals surface area contributed by atoms with E-state index in [0.717, 1.165) is 17.6 Å². The lowest BCUT2D eigenvalue weighted by atomic mass is 10.5. The van der Waals surface area contributed by atoms with Crippen LogP contribution in [0.1, 0.15) is 0 Å². The second kappa shape index (κ2) is 5.47. The molecule has 0 bridgehead atoms. The van der Waals surface area contributed by atoms with E-state index in [1.165, 1.54) is 0 Å². The zero-order valence-corrected chi connectivity index (χ0v) is 8.37. The Labute approximate surface area is 71.6 Å². The molecule has 0 rings (SSSR count). The Kier molecular flexibility index (Phi) is 7.52. The minimum absolute atomic E-state index is 0. The first-order valence-electron chi connectivity index (χ1n) is 2.60. The Morgan fingerprint density at radius 1 is 1.33 bits per heavy atom. The quantitative estimate of drug-likeness (QED) is 0.499. The van der Waals surface area contributed by atoms with Crippen LogP contribution < -0.4 is 12.4 Å². The van der Waals surface area contributed by atoms with E-state index in [-0.39, 0.29) is 12.4 Å². The van der Waals surface area contributed by atoms with Crippen molar-refractivity contribution >= 4 is 16.3 Å². The summed E-state index contributed by atoms with van der Waals surface area (Å²) in [5.74, 6) is 0. The van der Waals surface area contributed by atoms with Gasteiger partial charge in [-0.25, -0.2) is 0 Å². The second-order valence-electron chi connectivity index (χ2n) is 2.83. The van der Waals surface area contributed by atoms with Crippen molar-refractivity contribution < 1.29 is 20.7 Å². The molecule has 0 fully saturated rings. The first-order valence-corrected chi connectivity index (χ1v) is 3.25. The van der Waals surface area contributed by atoms with Crippen molar-refractivity contribution in [2.24, 2.45) is 0 Å². The number of halogens is 2. The summed E-state index contributed by atoms with van der Waals surface area (Å²) in [6.45, 7) is 1.80. The van der Waals surface area contributed by atoms with Gasteiger partial charge >= 0.3 is 0 Å². The summed E-state index contributed by atoms with van der Waals surface area (Å²) in [6.07, 6.45) is 0. The van der Waals surface area contributed by atoms with Crippen LogP contribution in [0.4, 0.5) is 0 Å². The molecule has 0 saturated carbocycles. The van der Waals surface area contributed by atoms with Gasteiger partial charge in [-0.15, -0.1) is 0 Å². The molecule has 0 N–H and O–H groups in total. The van der Waals surface area contributed by atoms with Gasteiger partial charge in [0.25, 0.3) is 0 Å². The average molecular weight is 219 g/mol. The van der Waals surface area contributed by atoms with Crippen molar-refractivity contribution in [2.45, 2.75) is 0 Å². The standard InChI is InChI=1S/C5H13BrNO.ClH/c1-7(2,3)4-5-8-6;/h4-5H2,1-3H3;1H/q+1;/p-1. The molecular formula is C5H13BrClNO. The minimum atomic E-state index is 0. The maximum Gasteiger partial charge on any atom is 0.110 e. The number of hydrogen-bond acceptors (Lipinski definition) is 1. The lowest BCUT2D eigenvalue weighted by molar-refractivity contribution is -0.870. The number of rotatable bonds is 3. The highest BCUT2D eigenvalue weighted by Crippen LogP contribution is 1.91. The van der Waals surface area contributed by atoms with Gasteiger partial charge in [0.05, 0.1) is 37.4 Å². The molecule has 58 valence electrons.